The number of hydrogen-bond acceptors (Lipinski definition) is 5. The maximum atomic E-state index is 10.6. The van der Waals surface area contributed by atoms with Crippen LogP contribution in [0, 0.1) is 13.8 Å². The number of aldehydes is 1. The molecule has 0 aliphatic rings. The van der Waals surface area contributed by atoms with Crippen molar-refractivity contribution in [1.82, 2.24) is 10.1 Å². The fourth-order valence-electron chi connectivity index (χ4n) is 1.25. The first-order valence-corrected chi connectivity index (χ1v) is 4.06. The van der Waals surface area contributed by atoms with E-state index in [9.17, 15) is 4.79 Å². The standard InChI is InChI=1S/C9H8N2O3/c1-5-8(13-6(2)11-5)9-7(4-12)3-10-14-9/h3-4H,1-2H3. The molecule has 0 aliphatic heterocycles. The zero-order valence-electron chi connectivity index (χ0n) is 7.77. The number of aromatic nitrogens is 2. The van der Waals surface area contributed by atoms with Gasteiger partial charge in [-0.1, -0.05) is 5.16 Å². The molecular formula is C9H8N2O3. The molecule has 5 heteroatoms. The monoisotopic (exact) mass is 192 g/mol. The van der Waals surface area contributed by atoms with E-state index in [-0.39, 0.29) is 0 Å². The second kappa shape index (κ2) is 3.10. The van der Waals surface area contributed by atoms with Crippen molar-refractivity contribution < 1.29 is 13.7 Å². The second-order valence-corrected chi connectivity index (χ2v) is 2.88. The minimum Gasteiger partial charge on any atom is -0.437 e. The molecule has 0 aliphatic carbocycles. The van der Waals surface area contributed by atoms with Crippen LogP contribution < -0.4 is 0 Å². The summed E-state index contributed by atoms with van der Waals surface area (Å²) in [6, 6.07) is 0. The quantitative estimate of drug-likeness (QED) is 0.678. The minimum absolute atomic E-state index is 0.332. The highest BCUT2D eigenvalue weighted by atomic mass is 16.5. The van der Waals surface area contributed by atoms with E-state index in [2.05, 4.69) is 10.1 Å². The molecule has 0 fully saturated rings. The van der Waals surface area contributed by atoms with Crippen molar-refractivity contribution in [3.8, 4) is 11.5 Å². The molecule has 2 heterocycles. The summed E-state index contributed by atoms with van der Waals surface area (Å²) in [7, 11) is 0. The van der Waals surface area contributed by atoms with Crippen molar-refractivity contribution in [2.45, 2.75) is 13.8 Å². The average Bonchev–Trinajstić information content (AvgIpc) is 2.71. The number of oxazole rings is 1. The molecule has 0 radical (unpaired) electrons. The molecule has 0 saturated carbocycles. The number of carbonyl (C=O) groups excluding carboxylic acids is 1. The van der Waals surface area contributed by atoms with Crippen molar-refractivity contribution in [2.24, 2.45) is 0 Å². The lowest BCUT2D eigenvalue weighted by atomic mass is 10.2. The average molecular weight is 192 g/mol. The molecule has 0 amide bonds. The van der Waals surface area contributed by atoms with Crippen LogP contribution in [0.25, 0.3) is 11.5 Å². The molecule has 0 N–H and O–H groups in total. The number of nitrogens with zero attached hydrogens (tertiary/aromatic N) is 2. The first-order valence-electron chi connectivity index (χ1n) is 4.06. The smallest absolute Gasteiger partial charge is 0.214 e. The molecule has 72 valence electrons. The zero-order chi connectivity index (χ0) is 10.1. The lowest BCUT2D eigenvalue weighted by molar-refractivity contribution is 0.112. The lowest BCUT2D eigenvalue weighted by Gasteiger charge is -1.90. The SMILES string of the molecule is Cc1nc(C)c(-c2oncc2C=O)o1. The summed E-state index contributed by atoms with van der Waals surface area (Å²) < 4.78 is 10.2. The van der Waals surface area contributed by atoms with Crippen LogP contribution >= 0.6 is 0 Å². The van der Waals surface area contributed by atoms with E-state index >= 15 is 0 Å². The van der Waals surface area contributed by atoms with Gasteiger partial charge in [0.05, 0.1) is 17.5 Å². The lowest BCUT2D eigenvalue weighted by Crippen LogP contribution is -1.81. The van der Waals surface area contributed by atoms with Crippen LogP contribution in [-0.2, 0) is 0 Å². The van der Waals surface area contributed by atoms with Gasteiger partial charge in [-0.25, -0.2) is 4.98 Å². The second-order valence-electron chi connectivity index (χ2n) is 2.88. The van der Waals surface area contributed by atoms with Crippen molar-refractivity contribution >= 4 is 6.29 Å². The Morgan fingerprint density at radius 1 is 1.36 bits per heavy atom. The molecule has 2 aromatic heterocycles. The van der Waals surface area contributed by atoms with Crippen LogP contribution in [0.5, 0.6) is 0 Å². The van der Waals surface area contributed by atoms with Gasteiger partial charge in [0.25, 0.3) is 0 Å². The van der Waals surface area contributed by atoms with E-state index in [1.807, 2.05) is 0 Å². The fourth-order valence-corrected chi connectivity index (χ4v) is 1.25. The van der Waals surface area contributed by atoms with Crippen molar-refractivity contribution in [3.63, 3.8) is 0 Å². The molecule has 5 nitrogen and oxygen atoms in total. The normalized spacial score (nSPS) is 10.4. The number of hydrogen-bond donors (Lipinski definition) is 0. The van der Waals surface area contributed by atoms with E-state index in [0.717, 1.165) is 0 Å². The number of carbonyl (C=O) groups is 1. The van der Waals surface area contributed by atoms with Gasteiger partial charge < -0.3 is 8.94 Å². The predicted molar refractivity (Wildman–Crippen MR) is 46.9 cm³/mol. The van der Waals surface area contributed by atoms with E-state index in [1.165, 1.54) is 6.20 Å². The van der Waals surface area contributed by atoms with Gasteiger partial charge >= 0.3 is 0 Å². The fraction of sp³-hybridized carbons (Fsp3) is 0.222. The highest BCUT2D eigenvalue weighted by molar-refractivity contribution is 5.83. The molecule has 14 heavy (non-hydrogen) atoms. The van der Waals surface area contributed by atoms with E-state index in [1.54, 1.807) is 13.8 Å². The van der Waals surface area contributed by atoms with E-state index in [0.29, 0.717) is 35.0 Å². The Morgan fingerprint density at radius 3 is 2.71 bits per heavy atom. The maximum absolute atomic E-state index is 10.6. The van der Waals surface area contributed by atoms with Crippen LogP contribution in [0.2, 0.25) is 0 Å². The molecule has 0 atom stereocenters. The van der Waals surface area contributed by atoms with E-state index in [4.69, 9.17) is 8.94 Å². The zero-order valence-corrected chi connectivity index (χ0v) is 7.77. The predicted octanol–water partition coefficient (Wildman–Crippen LogP) is 1.76. The third kappa shape index (κ3) is 1.22. The van der Waals surface area contributed by atoms with Gasteiger partial charge in [-0.05, 0) is 6.92 Å². The molecule has 0 aromatic carbocycles. The Hall–Kier alpha value is -1.91. The summed E-state index contributed by atoms with van der Waals surface area (Å²) >= 11 is 0. The number of rotatable bonds is 2. The molecule has 0 bridgehead atoms. The molecular weight excluding hydrogens is 184 g/mol. The summed E-state index contributed by atoms with van der Waals surface area (Å²) in [6.45, 7) is 3.51. The first kappa shape index (κ1) is 8.68. The molecule has 0 saturated heterocycles. The Bertz CT molecular complexity index is 470. The highest BCUT2D eigenvalue weighted by Crippen LogP contribution is 2.26. The molecule has 0 unspecified atom stereocenters. The van der Waals surface area contributed by atoms with Crippen molar-refractivity contribution in [3.05, 3.63) is 23.3 Å². The summed E-state index contributed by atoms with van der Waals surface area (Å²) in [5.41, 5.74) is 1.05. The molecule has 0 spiro atoms. The van der Waals surface area contributed by atoms with Gasteiger partial charge in [-0.15, -0.1) is 0 Å². The first-order chi connectivity index (χ1) is 6.72. The summed E-state index contributed by atoms with van der Waals surface area (Å²) in [5, 5.41) is 3.53. The Morgan fingerprint density at radius 2 is 2.14 bits per heavy atom. The van der Waals surface area contributed by atoms with Gasteiger partial charge in [-0.3, -0.25) is 4.79 Å². The van der Waals surface area contributed by atoms with Crippen LogP contribution in [0.1, 0.15) is 21.9 Å². The van der Waals surface area contributed by atoms with Gasteiger partial charge in [0.1, 0.15) is 0 Å². The molecule has 2 aromatic rings. The third-order valence-corrected chi connectivity index (χ3v) is 1.83. The topological polar surface area (TPSA) is 69.1 Å². The molecule has 2 rings (SSSR count). The highest BCUT2D eigenvalue weighted by Gasteiger charge is 2.17. The third-order valence-electron chi connectivity index (χ3n) is 1.83. The summed E-state index contributed by atoms with van der Waals surface area (Å²) in [5.74, 6) is 1.32. The van der Waals surface area contributed by atoms with Gasteiger partial charge in [0, 0.05) is 6.92 Å². The van der Waals surface area contributed by atoms with Crippen LogP contribution in [0.4, 0.5) is 0 Å². The Kier molecular flexibility index (Phi) is 1.92. The number of aryl methyl sites for hydroxylation is 2. The van der Waals surface area contributed by atoms with Crippen LogP contribution in [0.15, 0.2) is 15.1 Å². The van der Waals surface area contributed by atoms with Crippen molar-refractivity contribution in [2.75, 3.05) is 0 Å². The summed E-state index contributed by atoms with van der Waals surface area (Å²) in [4.78, 5) is 14.7. The minimum atomic E-state index is 0.332. The van der Waals surface area contributed by atoms with Crippen LogP contribution in [-0.4, -0.2) is 16.4 Å². The summed E-state index contributed by atoms with van der Waals surface area (Å²) in [6.07, 6.45) is 2.02. The van der Waals surface area contributed by atoms with Gasteiger partial charge in [-0.2, -0.15) is 0 Å². The van der Waals surface area contributed by atoms with Gasteiger partial charge in [0.15, 0.2) is 17.9 Å². The van der Waals surface area contributed by atoms with Gasteiger partial charge in [0.2, 0.25) is 5.76 Å². The van der Waals surface area contributed by atoms with Crippen molar-refractivity contribution in [1.29, 1.82) is 0 Å². The largest absolute Gasteiger partial charge is 0.437 e. The van der Waals surface area contributed by atoms with E-state index < -0.39 is 0 Å². The van der Waals surface area contributed by atoms with Crippen LogP contribution in [0.3, 0.4) is 0 Å². The maximum Gasteiger partial charge on any atom is 0.214 e. The Labute approximate surface area is 79.7 Å². The Balaban J connectivity index is 2.59.